The van der Waals surface area contributed by atoms with E-state index >= 15 is 0 Å². The molecule has 1 aromatic rings. The van der Waals surface area contributed by atoms with Crippen LogP contribution in [0, 0.1) is 5.92 Å². The van der Waals surface area contributed by atoms with Crippen LogP contribution in [0.2, 0.25) is 0 Å². The van der Waals surface area contributed by atoms with Gasteiger partial charge in [0.25, 0.3) is 0 Å². The summed E-state index contributed by atoms with van der Waals surface area (Å²) in [6, 6.07) is 7.93. The Morgan fingerprint density at radius 2 is 1.52 bits per heavy atom. The summed E-state index contributed by atoms with van der Waals surface area (Å²) in [5, 5.41) is 0. The van der Waals surface area contributed by atoms with Crippen molar-refractivity contribution in [3.05, 3.63) is 30.3 Å². The van der Waals surface area contributed by atoms with Crippen LogP contribution in [0.5, 0.6) is 0 Å². The molecule has 0 heterocycles. The molecule has 0 aliphatic heterocycles. The Bertz CT molecular complexity index is 739. The molecule has 0 saturated heterocycles. The third-order valence-electron chi connectivity index (χ3n) is 3.47. The zero-order valence-electron chi connectivity index (χ0n) is 15.6. The van der Waals surface area contributed by atoms with E-state index in [0.29, 0.717) is 12.8 Å². The van der Waals surface area contributed by atoms with E-state index in [1.54, 1.807) is 58.0 Å². The monoisotopic (exact) mass is 390 g/mol. The molecular formula is C17H30N2O4S2. The summed E-state index contributed by atoms with van der Waals surface area (Å²) >= 11 is 0. The highest BCUT2D eigenvalue weighted by molar-refractivity contribution is 7.89. The van der Waals surface area contributed by atoms with Crippen LogP contribution in [0.15, 0.2) is 35.2 Å². The molecule has 0 aliphatic rings. The number of rotatable bonds is 9. The molecule has 2 N–H and O–H groups in total. The lowest BCUT2D eigenvalue weighted by molar-refractivity contribution is 0.462. The van der Waals surface area contributed by atoms with Gasteiger partial charge >= 0.3 is 0 Å². The normalized spacial score (nSPS) is 15.7. The third-order valence-corrected chi connectivity index (χ3v) is 7.00. The standard InChI is InChI=1S/C17H30N2O4S2/c1-14(13-24(20,21)19-17(3,4)5)11-12-15(2)18-25(22,23)16-9-7-6-8-10-16/h6-10,14-15,18-19H,11-13H2,1-5H3. The number of hydrogen-bond donors (Lipinski definition) is 2. The second-order valence-electron chi connectivity index (χ2n) is 7.65. The van der Waals surface area contributed by atoms with Gasteiger partial charge in [-0.15, -0.1) is 0 Å². The van der Waals surface area contributed by atoms with Gasteiger partial charge in [-0.25, -0.2) is 26.3 Å². The van der Waals surface area contributed by atoms with Gasteiger partial charge in [-0.2, -0.15) is 0 Å². The third kappa shape index (κ3) is 8.80. The van der Waals surface area contributed by atoms with Gasteiger partial charge in [0.2, 0.25) is 20.0 Å². The lowest BCUT2D eigenvalue weighted by Crippen LogP contribution is -2.42. The molecule has 8 heteroatoms. The van der Waals surface area contributed by atoms with Crippen LogP contribution in [0.4, 0.5) is 0 Å². The van der Waals surface area contributed by atoms with Gasteiger partial charge in [0.1, 0.15) is 0 Å². The van der Waals surface area contributed by atoms with Crippen LogP contribution in [0.25, 0.3) is 0 Å². The van der Waals surface area contributed by atoms with E-state index in [-0.39, 0.29) is 22.6 Å². The molecule has 0 amide bonds. The smallest absolute Gasteiger partial charge is 0.212 e. The van der Waals surface area contributed by atoms with E-state index < -0.39 is 25.6 Å². The summed E-state index contributed by atoms with van der Waals surface area (Å²) in [6.07, 6.45) is 1.18. The lowest BCUT2D eigenvalue weighted by Gasteiger charge is -2.22. The minimum absolute atomic E-state index is 0.0302. The minimum atomic E-state index is -3.55. The Hall–Kier alpha value is -0.960. The molecule has 0 aromatic heterocycles. The molecule has 2 atom stereocenters. The first kappa shape index (κ1) is 22.1. The summed E-state index contributed by atoms with van der Waals surface area (Å²) in [5.74, 6) is -0.0360. The fourth-order valence-electron chi connectivity index (χ4n) is 2.49. The molecule has 1 rings (SSSR count). The van der Waals surface area contributed by atoms with Crippen molar-refractivity contribution in [1.29, 1.82) is 0 Å². The Morgan fingerprint density at radius 3 is 2.04 bits per heavy atom. The van der Waals surface area contributed by atoms with Crippen molar-refractivity contribution in [1.82, 2.24) is 9.44 Å². The van der Waals surface area contributed by atoms with Crippen molar-refractivity contribution in [3.8, 4) is 0 Å². The first-order valence-electron chi connectivity index (χ1n) is 8.40. The summed E-state index contributed by atoms with van der Waals surface area (Å²) in [4.78, 5) is 0.229. The molecule has 0 radical (unpaired) electrons. The van der Waals surface area contributed by atoms with Crippen molar-refractivity contribution >= 4 is 20.0 Å². The van der Waals surface area contributed by atoms with Crippen molar-refractivity contribution in [2.45, 2.75) is 63.9 Å². The Kier molecular flexibility index (Phi) is 7.61. The number of nitrogens with one attached hydrogen (secondary N) is 2. The summed E-state index contributed by atoms with van der Waals surface area (Å²) in [6.45, 7) is 9.05. The largest absolute Gasteiger partial charge is 0.240 e. The molecule has 2 unspecified atom stereocenters. The van der Waals surface area contributed by atoms with Crippen molar-refractivity contribution < 1.29 is 16.8 Å². The van der Waals surface area contributed by atoms with Crippen LogP contribution < -0.4 is 9.44 Å². The average Bonchev–Trinajstić information content (AvgIpc) is 2.42. The zero-order chi connectivity index (χ0) is 19.3. The van der Waals surface area contributed by atoms with E-state index in [4.69, 9.17) is 0 Å². The number of hydrogen-bond acceptors (Lipinski definition) is 4. The van der Waals surface area contributed by atoms with Gasteiger partial charge in [-0.1, -0.05) is 25.1 Å². The predicted molar refractivity (Wildman–Crippen MR) is 101 cm³/mol. The molecule has 144 valence electrons. The Morgan fingerprint density at radius 1 is 0.960 bits per heavy atom. The molecule has 6 nitrogen and oxygen atoms in total. The lowest BCUT2D eigenvalue weighted by atomic mass is 10.0. The first-order valence-corrected chi connectivity index (χ1v) is 11.5. The zero-order valence-corrected chi connectivity index (χ0v) is 17.2. The molecule has 25 heavy (non-hydrogen) atoms. The highest BCUT2D eigenvalue weighted by atomic mass is 32.2. The fourth-order valence-corrected chi connectivity index (χ4v) is 5.72. The average molecular weight is 391 g/mol. The summed E-state index contributed by atoms with van der Waals surface area (Å²) in [7, 11) is -6.90. The van der Waals surface area contributed by atoms with Crippen molar-refractivity contribution in [2.75, 3.05) is 5.75 Å². The van der Waals surface area contributed by atoms with E-state index in [0.717, 1.165) is 0 Å². The molecule has 0 saturated carbocycles. The number of sulfonamides is 2. The Balaban J connectivity index is 2.52. The number of benzene rings is 1. The van der Waals surface area contributed by atoms with E-state index in [1.165, 1.54) is 0 Å². The van der Waals surface area contributed by atoms with Gasteiger partial charge in [0.15, 0.2) is 0 Å². The van der Waals surface area contributed by atoms with E-state index in [9.17, 15) is 16.8 Å². The maximum atomic E-state index is 12.3. The highest BCUT2D eigenvalue weighted by Crippen LogP contribution is 2.14. The second kappa shape index (κ2) is 8.62. The van der Waals surface area contributed by atoms with Crippen LogP contribution >= 0.6 is 0 Å². The minimum Gasteiger partial charge on any atom is -0.212 e. The van der Waals surface area contributed by atoms with Crippen LogP contribution in [-0.4, -0.2) is 34.2 Å². The molecule has 0 fully saturated rings. The highest BCUT2D eigenvalue weighted by Gasteiger charge is 2.23. The van der Waals surface area contributed by atoms with E-state index in [1.807, 2.05) is 6.92 Å². The van der Waals surface area contributed by atoms with Gasteiger partial charge in [0.05, 0.1) is 10.6 Å². The second-order valence-corrected chi connectivity index (χ2v) is 11.1. The molecular weight excluding hydrogens is 360 g/mol. The molecule has 0 spiro atoms. The fraction of sp³-hybridized carbons (Fsp3) is 0.647. The van der Waals surface area contributed by atoms with E-state index in [2.05, 4.69) is 9.44 Å². The summed E-state index contributed by atoms with van der Waals surface area (Å²) in [5.41, 5.74) is -0.503. The maximum Gasteiger partial charge on any atom is 0.240 e. The molecule has 0 bridgehead atoms. The Labute approximate surface area is 152 Å². The molecule has 0 aliphatic carbocycles. The quantitative estimate of drug-likeness (QED) is 0.677. The SMILES string of the molecule is CC(CCC(C)NS(=O)(=O)c1ccccc1)CS(=O)(=O)NC(C)(C)C. The first-order chi connectivity index (χ1) is 11.3. The topological polar surface area (TPSA) is 92.3 Å². The van der Waals surface area contributed by atoms with Crippen molar-refractivity contribution in [2.24, 2.45) is 5.92 Å². The van der Waals surface area contributed by atoms with Gasteiger partial charge in [-0.3, -0.25) is 0 Å². The van der Waals surface area contributed by atoms with Crippen LogP contribution in [-0.2, 0) is 20.0 Å². The van der Waals surface area contributed by atoms with Crippen molar-refractivity contribution in [3.63, 3.8) is 0 Å². The van der Waals surface area contributed by atoms with Crippen LogP contribution in [0.1, 0.15) is 47.5 Å². The van der Waals surface area contributed by atoms with Gasteiger partial charge in [0, 0.05) is 11.6 Å². The van der Waals surface area contributed by atoms with Gasteiger partial charge < -0.3 is 0 Å². The van der Waals surface area contributed by atoms with Gasteiger partial charge in [-0.05, 0) is 58.6 Å². The van der Waals surface area contributed by atoms with Crippen LogP contribution in [0.3, 0.4) is 0 Å². The maximum absolute atomic E-state index is 12.3. The predicted octanol–water partition coefficient (Wildman–Crippen LogP) is 2.49. The summed E-state index contributed by atoms with van der Waals surface area (Å²) < 4.78 is 54.0. The molecule has 1 aromatic carbocycles.